The summed E-state index contributed by atoms with van der Waals surface area (Å²) in [6, 6.07) is 6.87. The van der Waals surface area contributed by atoms with E-state index in [0.29, 0.717) is 5.56 Å². The average Bonchev–Trinajstić information content (AvgIpc) is 2.45. The molecule has 7 nitrogen and oxygen atoms in total. The monoisotopic (exact) mass is 295 g/mol. The van der Waals surface area contributed by atoms with E-state index >= 15 is 0 Å². The van der Waals surface area contributed by atoms with Crippen molar-refractivity contribution >= 4 is 11.9 Å². The molecule has 0 amide bonds. The molecule has 0 fully saturated rings. The van der Waals surface area contributed by atoms with Gasteiger partial charge in [-0.15, -0.1) is 0 Å². The Kier molecular flexibility index (Phi) is 5.83. The van der Waals surface area contributed by atoms with Crippen LogP contribution in [0.4, 0.5) is 0 Å². The Balaban J connectivity index is 3.29. The average molecular weight is 295 g/mol. The minimum absolute atomic E-state index is 0.521. The normalized spacial score (nSPS) is 11.8. The number of esters is 2. The molecule has 1 rings (SSSR count). The summed E-state index contributed by atoms with van der Waals surface area (Å²) in [7, 11) is 2.25. The fraction of sp³-hybridized carbons (Fsp3) is 0.429. The molecule has 0 saturated carbocycles. The van der Waals surface area contributed by atoms with E-state index < -0.39 is 35.2 Å². The lowest BCUT2D eigenvalue weighted by Gasteiger charge is -2.20. The van der Waals surface area contributed by atoms with Gasteiger partial charge in [0.05, 0.1) is 20.1 Å². The van der Waals surface area contributed by atoms with E-state index in [9.17, 15) is 19.7 Å². The summed E-state index contributed by atoms with van der Waals surface area (Å²) in [4.78, 5) is 34.0. The van der Waals surface area contributed by atoms with E-state index in [1.165, 1.54) is 0 Å². The van der Waals surface area contributed by atoms with E-state index in [1.807, 2.05) is 13.0 Å². The van der Waals surface area contributed by atoms with Crippen LogP contribution in [0.1, 0.15) is 17.0 Å². The number of rotatable bonds is 6. The third-order valence-corrected chi connectivity index (χ3v) is 3.13. The number of aryl methyl sites for hydroxylation is 1. The van der Waals surface area contributed by atoms with Crippen LogP contribution in [-0.4, -0.2) is 37.6 Å². The first-order chi connectivity index (χ1) is 9.90. The third-order valence-electron chi connectivity index (χ3n) is 3.13. The molecule has 0 aromatic heterocycles. The second kappa shape index (κ2) is 7.37. The van der Waals surface area contributed by atoms with Crippen LogP contribution >= 0.6 is 0 Å². The van der Waals surface area contributed by atoms with Crippen LogP contribution < -0.4 is 0 Å². The number of nitrogens with zero attached hydrogens (tertiary/aromatic N) is 1. The summed E-state index contributed by atoms with van der Waals surface area (Å²) in [5, 5.41) is 10.9. The molecule has 0 radical (unpaired) electrons. The van der Waals surface area contributed by atoms with Gasteiger partial charge in [-0.3, -0.25) is 19.7 Å². The summed E-state index contributed by atoms with van der Waals surface area (Å²) in [5.41, 5.74) is 1.39. The molecule has 1 aromatic carbocycles. The van der Waals surface area contributed by atoms with Gasteiger partial charge in [0.1, 0.15) is 0 Å². The largest absolute Gasteiger partial charge is 0.468 e. The van der Waals surface area contributed by atoms with Gasteiger partial charge in [-0.1, -0.05) is 29.8 Å². The number of nitro groups is 1. The Morgan fingerprint density at radius 1 is 1.24 bits per heavy atom. The number of hydrogen-bond donors (Lipinski definition) is 0. The zero-order valence-corrected chi connectivity index (χ0v) is 12.1. The van der Waals surface area contributed by atoms with E-state index in [0.717, 1.165) is 19.8 Å². The fourth-order valence-electron chi connectivity index (χ4n) is 2.14. The second-order valence-electron chi connectivity index (χ2n) is 4.56. The maximum absolute atomic E-state index is 11.8. The molecule has 7 heteroatoms. The van der Waals surface area contributed by atoms with Crippen molar-refractivity contribution in [3.63, 3.8) is 0 Å². The molecule has 1 unspecified atom stereocenters. The Labute approximate surface area is 122 Å². The highest BCUT2D eigenvalue weighted by atomic mass is 16.6. The van der Waals surface area contributed by atoms with Crippen LogP contribution in [0.25, 0.3) is 0 Å². The number of ether oxygens (including phenoxy) is 2. The zero-order chi connectivity index (χ0) is 16.0. The second-order valence-corrected chi connectivity index (χ2v) is 4.56. The minimum Gasteiger partial charge on any atom is -0.468 e. The first-order valence-electron chi connectivity index (χ1n) is 6.24. The molecule has 0 aliphatic carbocycles. The van der Waals surface area contributed by atoms with Crippen molar-refractivity contribution in [1.29, 1.82) is 0 Å². The summed E-state index contributed by atoms with van der Waals surface area (Å²) in [6.45, 7) is 1.25. The van der Waals surface area contributed by atoms with Gasteiger partial charge in [0, 0.05) is 4.92 Å². The molecule has 0 aliphatic rings. The number of carbonyl (C=O) groups is 2. The predicted octanol–water partition coefficient (Wildman–Crippen LogP) is 1.32. The van der Waals surface area contributed by atoms with Gasteiger partial charge >= 0.3 is 11.9 Å². The number of carbonyl (C=O) groups excluding carboxylic acids is 2. The zero-order valence-electron chi connectivity index (χ0n) is 12.1. The third kappa shape index (κ3) is 4.27. The maximum atomic E-state index is 11.8. The molecule has 21 heavy (non-hydrogen) atoms. The highest BCUT2D eigenvalue weighted by molar-refractivity contribution is 5.96. The Bertz CT molecular complexity index is 526. The number of benzene rings is 1. The summed E-state index contributed by atoms with van der Waals surface area (Å²) >= 11 is 0. The first kappa shape index (κ1) is 16.6. The van der Waals surface area contributed by atoms with E-state index in [1.54, 1.807) is 18.2 Å². The summed E-state index contributed by atoms with van der Waals surface area (Å²) < 4.78 is 9.17. The van der Waals surface area contributed by atoms with Crippen LogP contribution in [0.3, 0.4) is 0 Å². The summed E-state index contributed by atoms with van der Waals surface area (Å²) in [6.07, 6.45) is 0. The molecular formula is C14H17NO6. The Morgan fingerprint density at radius 3 is 2.24 bits per heavy atom. The fourth-order valence-corrected chi connectivity index (χ4v) is 2.14. The van der Waals surface area contributed by atoms with Crippen LogP contribution in [0.2, 0.25) is 0 Å². The predicted molar refractivity (Wildman–Crippen MR) is 73.3 cm³/mol. The molecule has 114 valence electrons. The van der Waals surface area contributed by atoms with Crippen molar-refractivity contribution < 1.29 is 24.0 Å². The lowest BCUT2D eigenvalue weighted by molar-refractivity contribution is -0.484. The first-order valence-corrected chi connectivity index (χ1v) is 6.24. The highest BCUT2D eigenvalue weighted by Crippen LogP contribution is 2.28. The number of methoxy groups -OCH3 is 2. The van der Waals surface area contributed by atoms with Crippen molar-refractivity contribution in [2.75, 3.05) is 20.8 Å². The Morgan fingerprint density at radius 2 is 1.81 bits per heavy atom. The van der Waals surface area contributed by atoms with Crippen molar-refractivity contribution in [2.24, 2.45) is 5.92 Å². The minimum atomic E-state index is -1.37. The van der Waals surface area contributed by atoms with Gasteiger partial charge in [-0.05, 0) is 12.5 Å². The van der Waals surface area contributed by atoms with Crippen LogP contribution in [-0.2, 0) is 19.1 Å². The van der Waals surface area contributed by atoms with E-state index in [2.05, 4.69) is 9.47 Å². The van der Waals surface area contributed by atoms with Gasteiger partial charge in [0.25, 0.3) is 0 Å². The molecular weight excluding hydrogens is 278 g/mol. The van der Waals surface area contributed by atoms with E-state index in [-0.39, 0.29) is 0 Å². The van der Waals surface area contributed by atoms with Crippen LogP contribution in [0.5, 0.6) is 0 Å². The van der Waals surface area contributed by atoms with Gasteiger partial charge in [-0.25, -0.2) is 0 Å². The molecule has 0 bridgehead atoms. The van der Waals surface area contributed by atoms with Gasteiger partial charge in [0.2, 0.25) is 6.54 Å². The van der Waals surface area contributed by atoms with Crippen molar-refractivity contribution in [1.82, 2.24) is 0 Å². The standard InChI is InChI=1S/C14H17NO6/c1-9-5-4-6-10(7-9)11(8-15(18)19)12(13(16)20-2)14(17)21-3/h4-7,11-12H,8H2,1-3H3. The Hall–Kier alpha value is -2.44. The van der Waals surface area contributed by atoms with Gasteiger partial charge in [-0.2, -0.15) is 0 Å². The number of hydrogen-bond acceptors (Lipinski definition) is 6. The molecule has 0 aliphatic heterocycles. The smallest absolute Gasteiger partial charge is 0.320 e. The molecule has 1 atom stereocenters. The van der Waals surface area contributed by atoms with Crippen molar-refractivity contribution in [3.8, 4) is 0 Å². The lowest BCUT2D eigenvalue weighted by atomic mass is 9.85. The SMILES string of the molecule is COC(=O)C(C(=O)OC)C(C[N+](=O)[O-])c1cccc(C)c1. The highest BCUT2D eigenvalue weighted by Gasteiger charge is 2.40. The van der Waals surface area contributed by atoms with Crippen LogP contribution in [0.15, 0.2) is 24.3 Å². The summed E-state index contributed by atoms with van der Waals surface area (Å²) in [5.74, 6) is -4.02. The molecule has 0 N–H and O–H groups in total. The molecule has 0 heterocycles. The molecule has 1 aromatic rings. The van der Waals surface area contributed by atoms with Gasteiger partial charge < -0.3 is 9.47 Å². The van der Waals surface area contributed by atoms with Gasteiger partial charge in [0.15, 0.2) is 5.92 Å². The van der Waals surface area contributed by atoms with Crippen molar-refractivity contribution in [2.45, 2.75) is 12.8 Å². The van der Waals surface area contributed by atoms with Crippen LogP contribution in [0, 0.1) is 23.0 Å². The topological polar surface area (TPSA) is 95.7 Å². The van der Waals surface area contributed by atoms with Crippen molar-refractivity contribution in [3.05, 3.63) is 45.5 Å². The quantitative estimate of drug-likeness (QED) is 0.340. The maximum Gasteiger partial charge on any atom is 0.320 e. The molecule has 0 saturated heterocycles. The lowest BCUT2D eigenvalue weighted by Crippen LogP contribution is -2.35. The molecule has 0 spiro atoms. The van der Waals surface area contributed by atoms with E-state index in [4.69, 9.17) is 0 Å².